The van der Waals surface area contributed by atoms with E-state index in [1.165, 1.54) is 11.3 Å². The summed E-state index contributed by atoms with van der Waals surface area (Å²) < 4.78 is 10.1. The molecule has 1 unspecified atom stereocenters. The van der Waals surface area contributed by atoms with Crippen LogP contribution in [0.15, 0.2) is 44.8 Å². The number of aryl methyl sites for hydroxylation is 1. The SMILES string of the molecule is Cc1cc(C(=O)NCC(O)c2cc(-c3ccco3)cs2)no1. The standard InChI is InChI=1S/C15H14N2O4S/c1-9-5-11(17-21-9)15(19)16-7-12(18)14-6-10(8-22-14)13-3-2-4-20-13/h2-6,8,12,18H,7H2,1H3,(H,16,19). The fraction of sp³-hybridized carbons (Fsp3) is 0.200. The summed E-state index contributed by atoms with van der Waals surface area (Å²) in [6.45, 7) is 1.81. The highest BCUT2D eigenvalue weighted by Crippen LogP contribution is 2.29. The maximum Gasteiger partial charge on any atom is 0.273 e. The molecule has 0 aliphatic carbocycles. The van der Waals surface area contributed by atoms with E-state index in [-0.39, 0.29) is 18.1 Å². The van der Waals surface area contributed by atoms with Crippen molar-refractivity contribution in [3.8, 4) is 11.3 Å². The van der Waals surface area contributed by atoms with E-state index >= 15 is 0 Å². The van der Waals surface area contributed by atoms with Crippen molar-refractivity contribution in [3.05, 3.63) is 52.2 Å². The highest BCUT2D eigenvalue weighted by atomic mass is 32.1. The summed E-state index contributed by atoms with van der Waals surface area (Å²) in [5.41, 5.74) is 1.11. The first-order valence-electron chi connectivity index (χ1n) is 6.65. The number of amides is 1. The van der Waals surface area contributed by atoms with Crippen LogP contribution in [0.4, 0.5) is 0 Å². The molecule has 22 heavy (non-hydrogen) atoms. The van der Waals surface area contributed by atoms with Crippen LogP contribution in [0.3, 0.4) is 0 Å². The number of carbonyl (C=O) groups excluding carboxylic acids is 1. The number of hydrogen-bond acceptors (Lipinski definition) is 6. The van der Waals surface area contributed by atoms with Gasteiger partial charge in [-0.25, -0.2) is 0 Å². The molecule has 3 aromatic heterocycles. The molecule has 3 heterocycles. The fourth-order valence-corrected chi connectivity index (χ4v) is 2.84. The molecule has 0 spiro atoms. The van der Waals surface area contributed by atoms with Crippen molar-refractivity contribution in [2.45, 2.75) is 13.0 Å². The highest BCUT2D eigenvalue weighted by Gasteiger charge is 2.16. The molecule has 0 saturated carbocycles. The Balaban J connectivity index is 1.60. The third kappa shape index (κ3) is 3.10. The second kappa shape index (κ2) is 6.17. The van der Waals surface area contributed by atoms with Crippen molar-refractivity contribution in [2.24, 2.45) is 0 Å². The number of aliphatic hydroxyl groups is 1. The van der Waals surface area contributed by atoms with Gasteiger partial charge in [-0.2, -0.15) is 0 Å². The summed E-state index contributed by atoms with van der Waals surface area (Å²) >= 11 is 1.41. The number of aliphatic hydroxyl groups excluding tert-OH is 1. The third-order valence-electron chi connectivity index (χ3n) is 3.07. The van der Waals surface area contributed by atoms with Gasteiger partial charge in [0.2, 0.25) is 0 Å². The molecule has 114 valence electrons. The Kier molecular flexibility index (Phi) is 4.08. The predicted molar refractivity (Wildman–Crippen MR) is 80.6 cm³/mol. The van der Waals surface area contributed by atoms with Crippen LogP contribution in [0, 0.1) is 6.92 Å². The van der Waals surface area contributed by atoms with Gasteiger partial charge < -0.3 is 19.4 Å². The Morgan fingerprint density at radius 1 is 1.50 bits per heavy atom. The number of rotatable bonds is 5. The van der Waals surface area contributed by atoms with Gasteiger partial charge >= 0.3 is 0 Å². The molecule has 6 nitrogen and oxygen atoms in total. The van der Waals surface area contributed by atoms with Crippen LogP contribution in [0.25, 0.3) is 11.3 Å². The van der Waals surface area contributed by atoms with E-state index in [0.717, 1.165) is 16.2 Å². The summed E-state index contributed by atoms with van der Waals surface area (Å²) in [6, 6.07) is 7.05. The van der Waals surface area contributed by atoms with Gasteiger partial charge in [0.15, 0.2) is 5.69 Å². The molecular formula is C15H14N2O4S. The zero-order chi connectivity index (χ0) is 15.5. The van der Waals surface area contributed by atoms with Crippen molar-refractivity contribution < 1.29 is 18.8 Å². The van der Waals surface area contributed by atoms with Gasteiger partial charge in [0.05, 0.1) is 6.26 Å². The van der Waals surface area contributed by atoms with Gasteiger partial charge in [-0.05, 0) is 25.1 Å². The number of nitrogens with zero attached hydrogens (tertiary/aromatic N) is 1. The Morgan fingerprint density at radius 2 is 2.36 bits per heavy atom. The Morgan fingerprint density at radius 3 is 3.05 bits per heavy atom. The van der Waals surface area contributed by atoms with Gasteiger partial charge in [0, 0.05) is 28.4 Å². The number of aromatic nitrogens is 1. The molecule has 3 rings (SSSR count). The summed E-state index contributed by atoms with van der Waals surface area (Å²) in [7, 11) is 0. The molecule has 0 aliphatic heterocycles. The van der Waals surface area contributed by atoms with E-state index in [4.69, 9.17) is 8.94 Å². The molecule has 0 saturated heterocycles. The van der Waals surface area contributed by atoms with Gasteiger partial charge in [0.1, 0.15) is 17.6 Å². The molecule has 0 aromatic carbocycles. The van der Waals surface area contributed by atoms with Crippen LogP contribution in [-0.2, 0) is 0 Å². The lowest BCUT2D eigenvalue weighted by molar-refractivity contribution is 0.0909. The van der Waals surface area contributed by atoms with Gasteiger partial charge in [-0.15, -0.1) is 11.3 Å². The lowest BCUT2D eigenvalue weighted by atomic mass is 10.2. The van der Waals surface area contributed by atoms with E-state index in [2.05, 4.69) is 10.5 Å². The Labute approximate surface area is 130 Å². The first-order valence-corrected chi connectivity index (χ1v) is 7.53. The lowest BCUT2D eigenvalue weighted by Crippen LogP contribution is -2.28. The smallest absolute Gasteiger partial charge is 0.273 e. The molecule has 0 bridgehead atoms. The van der Waals surface area contributed by atoms with Crippen LogP contribution in [0.5, 0.6) is 0 Å². The van der Waals surface area contributed by atoms with Crippen LogP contribution >= 0.6 is 11.3 Å². The van der Waals surface area contributed by atoms with Gasteiger partial charge in [-0.3, -0.25) is 4.79 Å². The Bertz CT molecular complexity index is 760. The normalized spacial score (nSPS) is 12.3. The second-order valence-electron chi connectivity index (χ2n) is 4.76. The minimum atomic E-state index is -0.786. The largest absolute Gasteiger partial charge is 0.464 e. The van der Waals surface area contributed by atoms with Crippen LogP contribution in [-0.4, -0.2) is 22.7 Å². The summed E-state index contributed by atoms with van der Waals surface area (Å²) in [5, 5.41) is 18.3. The highest BCUT2D eigenvalue weighted by molar-refractivity contribution is 7.10. The molecule has 0 aliphatic rings. The second-order valence-corrected chi connectivity index (χ2v) is 5.71. The fourth-order valence-electron chi connectivity index (χ4n) is 1.95. The summed E-state index contributed by atoms with van der Waals surface area (Å²) in [5.74, 6) is 0.933. The summed E-state index contributed by atoms with van der Waals surface area (Å²) in [6.07, 6.45) is 0.814. The van der Waals surface area contributed by atoms with Crippen LogP contribution in [0.1, 0.15) is 27.2 Å². The van der Waals surface area contributed by atoms with Crippen molar-refractivity contribution in [1.82, 2.24) is 10.5 Å². The molecule has 0 fully saturated rings. The zero-order valence-electron chi connectivity index (χ0n) is 11.8. The van der Waals surface area contributed by atoms with Crippen LogP contribution < -0.4 is 5.32 Å². The minimum Gasteiger partial charge on any atom is -0.464 e. The van der Waals surface area contributed by atoms with Crippen molar-refractivity contribution in [1.29, 1.82) is 0 Å². The van der Waals surface area contributed by atoms with E-state index < -0.39 is 6.10 Å². The maximum absolute atomic E-state index is 11.8. The molecular weight excluding hydrogens is 304 g/mol. The predicted octanol–water partition coefficient (Wildman–Crippen LogP) is 2.77. The Hall–Kier alpha value is -2.38. The van der Waals surface area contributed by atoms with Crippen LogP contribution in [0.2, 0.25) is 0 Å². The summed E-state index contributed by atoms with van der Waals surface area (Å²) in [4.78, 5) is 12.6. The molecule has 2 N–H and O–H groups in total. The van der Waals surface area contributed by atoms with E-state index in [9.17, 15) is 9.90 Å². The maximum atomic E-state index is 11.8. The van der Waals surface area contributed by atoms with Gasteiger partial charge in [0.25, 0.3) is 5.91 Å². The number of furan rings is 1. The van der Waals surface area contributed by atoms with E-state index in [1.54, 1.807) is 19.3 Å². The average Bonchev–Trinajstić information content (AvgIpc) is 3.23. The van der Waals surface area contributed by atoms with Crippen molar-refractivity contribution in [2.75, 3.05) is 6.54 Å². The number of hydrogen-bond donors (Lipinski definition) is 2. The minimum absolute atomic E-state index is 0.100. The van der Waals surface area contributed by atoms with Gasteiger partial charge in [-0.1, -0.05) is 5.16 Å². The zero-order valence-corrected chi connectivity index (χ0v) is 12.6. The molecule has 0 radical (unpaired) electrons. The van der Waals surface area contributed by atoms with Crippen molar-refractivity contribution >= 4 is 17.2 Å². The third-order valence-corrected chi connectivity index (χ3v) is 4.10. The quantitative estimate of drug-likeness (QED) is 0.755. The first-order chi connectivity index (χ1) is 10.6. The lowest BCUT2D eigenvalue weighted by Gasteiger charge is -2.08. The molecule has 1 atom stereocenters. The van der Waals surface area contributed by atoms with E-state index in [1.807, 2.05) is 23.6 Å². The first kappa shape index (κ1) is 14.6. The number of thiophene rings is 1. The molecule has 7 heteroatoms. The topological polar surface area (TPSA) is 88.5 Å². The number of nitrogens with one attached hydrogen (secondary N) is 1. The van der Waals surface area contributed by atoms with Crippen molar-refractivity contribution in [3.63, 3.8) is 0 Å². The number of carbonyl (C=O) groups is 1. The monoisotopic (exact) mass is 318 g/mol. The molecule has 1 amide bonds. The van der Waals surface area contributed by atoms with E-state index in [0.29, 0.717) is 5.76 Å². The average molecular weight is 318 g/mol. The molecule has 3 aromatic rings.